The van der Waals surface area contributed by atoms with E-state index in [9.17, 15) is 22.8 Å². The second-order valence-electron chi connectivity index (χ2n) is 3.69. The molecule has 0 aliphatic heterocycles. The Morgan fingerprint density at radius 3 is 2.61 bits per heavy atom. The highest BCUT2D eigenvalue weighted by molar-refractivity contribution is 5.71. The van der Waals surface area contributed by atoms with Crippen molar-refractivity contribution in [3.63, 3.8) is 0 Å². The fourth-order valence-electron chi connectivity index (χ4n) is 1.29. The second-order valence-corrected chi connectivity index (χ2v) is 3.69. The highest BCUT2D eigenvalue weighted by atomic mass is 19.4. The second kappa shape index (κ2) is 5.19. The molecule has 18 heavy (non-hydrogen) atoms. The Kier molecular flexibility index (Phi) is 4.10. The maximum absolute atomic E-state index is 12.3. The fraction of sp³-hybridized carbons (Fsp3) is 0.500. The minimum absolute atomic E-state index is 0.0867. The van der Waals surface area contributed by atoms with Crippen LogP contribution in [0.25, 0.3) is 0 Å². The van der Waals surface area contributed by atoms with Crippen LogP contribution in [-0.2, 0) is 22.3 Å². The predicted molar refractivity (Wildman–Crippen MR) is 54.7 cm³/mol. The van der Waals surface area contributed by atoms with Gasteiger partial charge in [0.2, 0.25) is 0 Å². The van der Waals surface area contributed by atoms with Crippen LogP contribution in [0.3, 0.4) is 0 Å². The summed E-state index contributed by atoms with van der Waals surface area (Å²) < 4.78 is 42.2. The van der Waals surface area contributed by atoms with Crippen LogP contribution in [0, 0.1) is 5.92 Å². The van der Waals surface area contributed by atoms with Crippen LogP contribution in [-0.4, -0.2) is 22.6 Å². The van der Waals surface area contributed by atoms with E-state index in [4.69, 9.17) is 0 Å². The third kappa shape index (κ3) is 3.31. The molecule has 8 heteroatoms. The van der Waals surface area contributed by atoms with Gasteiger partial charge in [-0.2, -0.15) is 13.2 Å². The average Bonchev–Trinajstić information content (AvgIpc) is 2.29. The molecule has 5 nitrogen and oxygen atoms in total. The first kappa shape index (κ1) is 14.2. The summed E-state index contributed by atoms with van der Waals surface area (Å²) in [6, 6.07) is 0.393. The molecule has 1 unspecified atom stereocenters. The van der Waals surface area contributed by atoms with E-state index in [1.54, 1.807) is 0 Å². The summed E-state index contributed by atoms with van der Waals surface area (Å²) in [4.78, 5) is 25.7. The van der Waals surface area contributed by atoms with Crippen molar-refractivity contribution < 1.29 is 22.7 Å². The maximum Gasteiger partial charge on any atom is 0.433 e. The Balaban J connectivity index is 2.94. The number of esters is 1. The van der Waals surface area contributed by atoms with Gasteiger partial charge in [-0.15, -0.1) is 0 Å². The Morgan fingerprint density at radius 1 is 1.56 bits per heavy atom. The minimum atomic E-state index is -4.66. The fourth-order valence-corrected chi connectivity index (χ4v) is 1.29. The summed E-state index contributed by atoms with van der Waals surface area (Å²) in [5.41, 5.74) is -2.12. The summed E-state index contributed by atoms with van der Waals surface area (Å²) in [6.07, 6.45) is -3.89. The van der Waals surface area contributed by atoms with Crippen molar-refractivity contribution in [3.05, 3.63) is 28.4 Å². The van der Waals surface area contributed by atoms with E-state index in [-0.39, 0.29) is 6.54 Å². The van der Waals surface area contributed by atoms with Crippen LogP contribution in [0.15, 0.2) is 17.2 Å². The van der Waals surface area contributed by atoms with E-state index in [0.717, 1.165) is 10.9 Å². The van der Waals surface area contributed by atoms with Crippen LogP contribution in [0.5, 0.6) is 0 Å². The van der Waals surface area contributed by atoms with Crippen molar-refractivity contribution in [2.24, 2.45) is 5.92 Å². The van der Waals surface area contributed by atoms with Gasteiger partial charge in [0.1, 0.15) is 0 Å². The zero-order valence-corrected chi connectivity index (χ0v) is 9.69. The SMILES string of the molecule is COC(=O)C(C)Cn1cnc(C(F)(F)F)cc1=O. The first-order chi connectivity index (χ1) is 8.25. The number of hydrogen-bond donors (Lipinski definition) is 0. The van der Waals surface area contributed by atoms with E-state index >= 15 is 0 Å². The lowest BCUT2D eigenvalue weighted by atomic mass is 10.2. The van der Waals surface area contributed by atoms with Crippen molar-refractivity contribution in [2.45, 2.75) is 19.6 Å². The first-order valence-corrected chi connectivity index (χ1v) is 4.97. The van der Waals surface area contributed by atoms with E-state index in [2.05, 4.69) is 9.72 Å². The molecule has 0 N–H and O–H groups in total. The summed E-state index contributed by atoms with van der Waals surface area (Å²) in [5.74, 6) is -1.20. The topological polar surface area (TPSA) is 61.2 Å². The molecule has 100 valence electrons. The van der Waals surface area contributed by atoms with Crippen LogP contribution in [0.2, 0.25) is 0 Å². The summed E-state index contributed by atoms with van der Waals surface area (Å²) >= 11 is 0. The normalized spacial score (nSPS) is 13.2. The first-order valence-electron chi connectivity index (χ1n) is 4.97. The number of methoxy groups -OCH3 is 1. The Bertz CT molecular complexity index is 496. The van der Waals surface area contributed by atoms with Gasteiger partial charge in [0.15, 0.2) is 5.69 Å². The molecular formula is C10H11F3N2O3. The van der Waals surface area contributed by atoms with E-state index in [1.807, 2.05) is 0 Å². The predicted octanol–water partition coefficient (Wildman–Crippen LogP) is 1.07. The van der Waals surface area contributed by atoms with Gasteiger partial charge in [0, 0.05) is 12.6 Å². The van der Waals surface area contributed by atoms with Gasteiger partial charge in [0.05, 0.1) is 19.4 Å². The average molecular weight is 264 g/mol. The molecule has 1 rings (SSSR count). The lowest BCUT2D eigenvalue weighted by molar-refractivity contribution is -0.145. The van der Waals surface area contributed by atoms with Crippen molar-refractivity contribution in [1.82, 2.24) is 9.55 Å². The largest absolute Gasteiger partial charge is 0.469 e. The lowest BCUT2D eigenvalue weighted by Gasteiger charge is -2.12. The Hall–Kier alpha value is -1.86. The number of ether oxygens (including phenoxy) is 1. The van der Waals surface area contributed by atoms with Crippen LogP contribution >= 0.6 is 0 Å². The lowest BCUT2D eigenvalue weighted by Crippen LogP contribution is -2.28. The third-order valence-corrected chi connectivity index (χ3v) is 2.24. The highest BCUT2D eigenvalue weighted by Gasteiger charge is 2.33. The van der Waals surface area contributed by atoms with Gasteiger partial charge in [0.25, 0.3) is 5.56 Å². The molecule has 1 heterocycles. The molecule has 1 aromatic heterocycles. The monoisotopic (exact) mass is 264 g/mol. The Morgan fingerprint density at radius 2 is 2.17 bits per heavy atom. The van der Waals surface area contributed by atoms with Gasteiger partial charge >= 0.3 is 12.1 Å². The summed E-state index contributed by atoms with van der Waals surface area (Å²) in [7, 11) is 1.19. The molecular weight excluding hydrogens is 253 g/mol. The number of nitrogens with zero attached hydrogens (tertiary/aromatic N) is 2. The summed E-state index contributed by atoms with van der Waals surface area (Å²) in [6.45, 7) is 1.41. The van der Waals surface area contributed by atoms with Crippen molar-refractivity contribution in [3.8, 4) is 0 Å². The molecule has 0 radical (unpaired) electrons. The molecule has 0 amide bonds. The summed E-state index contributed by atoms with van der Waals surface area (Å²) in [5, 5.41) is 0. The van der Waals surface area contributed by atoms with Gasteiger partial charge in [-0.25, -0.2) is 4.98 Å². The molecule has 0 aliphatic carbocycles. The van der Waals surface area contributed by atoms with E-state index in [1.165, 1.54) is 14.0 Å². The van der Waals surface area contributed by atoms with Gasteiger partial charge in [-0.3, -0.25) is 14.2 Å². The molecule has 1 atom stereocenters. The maximum atomic E-state index is 12.3. The highest BCUT2D eigenvalue weighted by Crippen LogP contribution is 2.25. The number of rotatable bonds is 3. The number of aromatic nitrogens is 2. The van der Waals surface area contributed by atoms with Gasteiger partial charge in [-0.1, -0.05) is 6.92 Å². The molecule has 1 aromatic rings. The molecule has 0 spiro atoms. The van der Waals surface area contributed by atoms with Crippen molar-refractivity contribution in [1.29, 1.82) is 0 Å². The number of halogens is 3. The van der Waals surface area contributed by atoms with Gasteiger partial charge < -0.3 is 4.74 Å². The number of carbonyl (C=O) groups is 1. The molecule has 0 fully saturated rings. The molecule has 0 bridgehead atoms. The molecule has 0 aliphatic rings. The van der Waals surface area contributed by atoms with Crippen molar-refractivity contribution in [2.75, 3.05) is 7.11 Å². The minimum Gasteiger partial charge on any atom is -0.469 e. The Labute approximate surface area is 100 Å². The number of hydrogen-bond acceptors (Lipinski definition) is 4. The standard InChI is InChI=1S/C10H11F3N2O3/c1-6(9(17)18-2)4-15-5-14-7(3-8(15)16)10(11,12)13/h3,5-6H,4H2,1-2H3. The van der Waals surface area contributed by atoms with E-state index in [0.29, 0.717) is 6.07 Å². The van der Waals surface area contributed by atoms with Gasteiger partial charge in [-0.05, 0) is 0 Å². The van der Waals surface area contributed by atoms with Crippen LogP contribution in [0.4, 0.5) is 13.2 Å². The van der Waals surface area contributed by atoms with Crippen LogP contribution in [0.1, 0.15) is 12.6 Å². The molecule has 0 saturated carbocycles. The quantitative estimate of drug-likeness (QED) is 0.766. The number of carbonyl (C=O) groups excluding carboxylic acids is 1. The molecule has 0 saturated heterocycles. The number of alkyl halides is 3. The zero-order valence-electron chi connectivity index (χ0n) is 9.69. The molecule has 0 aromatic carbocycles. The smallest absolute Gasteiger partial charge is 0.433 e. The van der Waals surface area contributed by atoms with Crippen molar-refractivity contribution >= 4 is 5.97 Å². The zero-order chi connectivity index (χ0) is 13.9. The van der Waals surface area contributed by atoms with E-state index < -0.39 is 29.3 Å². The third-order valence-electron chi connectivity index (χ3n) is 2.24. The van der Waals surface area contributed by atoms with Crippen LogP contribution < -0.4 is 5.56 Å².